The molecule has 0 spiro atoms. The maximum absolute atomic E-state index is 10.6. The number of nitrogens with zero attached hydrogens (tertiary/aromatic N) is 1. The fraction of sp³-hybridized carbons (Fsp3) is 0.100. The zero-order chi connectivity index (χ0) is 10.7. The third-order valence-corrected chi connectivity index (χ3v) is 2.55. The lowest BCUT2D eigenvalue weighted by molar-refractivity contribution is -0.385. The maximum Gasteiger partial charge on any atom is 0.283 e. The lowest BCUT2D eigenvalue weighted by Gasteiger charge is -2.05. The first-order valence-electron chi connectivity index (χ1n) is 3.95. The molecule has 0 saturated heterocycles. The van der Waals surface area contributed by atoms with Crippen molar-refractivity contribution in [2.45, 2.75) is 5.92 Å². The number of hydrogen-bond acceptors (Lipinski definition) is 2. The Labute approximate surface area is 90.7 Å². The summed E-state index contributed by atoms with van der Waals surface area (Å²) in [6.45, 7) is 7.39. The van der Waals surface area contributed by atoms with E-state index < -0.39 is 4.92 Å². The van der Waals surface area contributed by atoms with Gasteiger partial charge in [-0.3, -0.25) is 10.1 Å². The Hall–Kier alpha value is -1.16. The van der Waals surface area contributed by atoms with Crippen molar-refractivity contribution in [3.8, 4) is 0 Å². The lowest BCUT2D eigenvalue weighted by Crippen LogP contribution is -1.94. The van der Waals surface area contributed by atoms with Crippen LogP contribution in [-0.2, 0) is 0 Å². The average molecular weight is 255 g/mol. The van der Waals surface area contributed by atoms with Crippen molar-refractivity contribution in [2.75, 3.05) is 0 Å². The molecule has 1 radical (unpaired) electrons. The Balaban J connectivity index is 3.19. The quantitative estimate of drug-likeness (QED) is 0.471. The lowest BCUT2D eigenvalue weighted by atomic mass is 10.0. The fourth-order valence-electron chi connectivity index (χ4n) is 1.04. The highest BCUT2D eigenvalue weighted by molar-refractivity contribution is 9.10. The van der Waals surface area contributed by atoms with Crippen LogP contribution in [0.1, 0.15) is 11.5 Å². The topological polar surface area (TPSA) is 43.1 Å². The molecule has 1 rings (SSSR count). The van der Waals surface area contributed by atoms with E-state index in [1.807, 2.05) is 0 Å². The minimum Gasteiger partial charge on any atom is -0.258 e. The van der Waals surface area contributed by atoms with Crippen LogP contribution in [-0.4, -0.2) is 4.92 Å². The molecule has 3 nitrogen and oxygen atoms in total. The molecule has 14 heavy (non-hydrogen) atoms. The Kier molecular flexibility index (Phi) is 3.41. The molecule has 73 valence electrons. The first-order chi connectivity index (χ1) is 6.56. The summed E-state index contributed by atoms with van der Waals surface area (Å²) in [5.41, 5.74) is 0.841. The van der Waals surface area contributed by atoms with E-state index in [0.717, 1.165) is 5.56 Å². The van der Waals surface area contributed by atoms with Gasteiger partial charge in [0.25, 0.3) is 5.69 Å². The Morgan fingerprint density at radius 1 is 1.57 bits per heavy atom. The van der Waals surface area contributed by atoms with E-state index in [4.69, 9.17) is 0 Å². The van der Waals surface area contributed by atoms with Crippen LogP contribution in [0.15, 0.2) is 35.3 Å². The molecule has 4 heteroatoms. The van der Waals surface area contributed by atoms with Crippen LogP contribution in [0.5, 0.6) is 0 Å². The predicted octanol–water partition coefficient (Wildman–Crippen LogP) is 3.46. The number of nitro benzene ring substituents is 1. The molecule has 0 bridgehead atoms. The van der Waals surface area contributed by atoms with Gasteiger partial charge in [0.2, 0.25) is 0 Å². The van der Waals surface area contributed by atoms with Gasteiger partial charge in [0.15, 0.2) is 0 Å². The van der Waals surface area contributed by atoms with Crippen molar-refractivity contribution >= 4 is 21.6 Å². The molecular weight excluding hydrogens is 246 g/mol. The summed E-state index contributed by atoms with van der Waals surface area (Å²) in [5, 5.41) is 10.6. The first-order valence-corrected chi connectivity index (χ1v) is 4.75. The van der Waals surface area contributed by atoms with Crippen LogP contribution in [0.2, 0.25) is 0 Å². The highest BCUT2D eigenvalue weighted by atomic mass is 79.9. The molecule has 1 aromatic carbocycles. The van der Waals surface area contributed by atoms with Crippen molar-refractivity contribution in [3.05, 3.63) is 57.9 Å². The number of nitro groups is 1. The number of hydrogen-bond donors (Lipinski definition) is 0. The van der Waals surface area contributed by atoms with Gasteiger partial charge < -0.3 is 0 Å². The van der Waals surface area contributed by atoms with Gasteiger partial charge in [-0.1, -0.05) is 12.1 Å². The van der Waals surface area contributed by atoms with E-state index in [-0.39, 0.29) is 11.6 Å². The number of allylic oxidation sites excluding steroid dienone is 1. The summed E-state index contributed by atoms with van der Waals surface area (Å²) < 4.78 is 0.475. The standard InChI is InChI=1S/C10H9BrNO2/c1-3-7(2)8-4-5-9(11)10(6-8)12(13)14/h3-7H,1-2H2. The fourth-order valence-corrected chi connectivity index (χ4v) is 1.43. The Morgan fingerprint density at radius 3 is 2.71 bits per heavy atom. The molecule has 0 N–H and O–H groups in total. The zero-order valence-corrected chi connectivity index (χ0v) is 9.03. The highest BCUT2D eigenvalue weighted by Crippen LogP contribution is 2.28. The zero-order valence-electron chi connectivity index (χ0n) is 7.44. The summed E-state index contributed by atoms with van der Waals surface area (Å²) >= 11 is 3.11. The van der Waals surface area contributed by atoms with E-state index in [2.05, 4.69) is 29.4 Å². The van der Waals surface area contributed by atoms with Crippen LogP contribution in [0.25, 0.3) is 0 Å². The van der Waals surface area contributed by atoms with Crippen LogP contribution >= 0.6 is 15.9 Å². The summed E-state index contributed by atoms with van der Waals surface area (Å²) in [5.74, 6) is -0.123. The smallest absolute Gasteiger partial charge is 0.258 e. The minimum absolute atomic E-state index is 0.0537. The van der Waals surface area contributed by atoms with Crippen LogP contribution in [0.4, 0.5) is 5.69 Å². The van der Waals surface area contributed by atoms with E-state index >= 15 is 0 Å². The normalized spacial score (nSPS) is 12.1. The number of halogens is 1. The Morgan fingerprint density at radius 2 is 2.21 bits per heavy atom. The van der Waals surface area contributed by atoms with E-state index in [1.54, 1.807) is 18.2 Å². The second-order valence-corrected chi connectivity index (χ2v) is 3.66. The Bertz CT molecular complexity index is 376. The molecule has 0 aromatic heterocycles. The van der Waals surface area contributed by atoms with E-state index in [9.17, 15) is 10.1 Å². The molecule has 0 amide bonds. The molecule has 0 saturated carbocycles. The molecule has 1 unspecified atom stereocenters. The third kappa shape index (κ3) is 2.20. The molecule has 0 fully saturated rings. The summed E-state index contributed by atoms with van der Waals surface area (Å²) in [6, 6.07) is 4.94. The van der Waals surface area contributed by atoms with Gasteiger partial charge in [0, 0.05) is 12.0 Å². The summed E-state index contributed by atoms with van der Waals surface area (Å²) in [4.78, 5) is 10.2. The highest BCUT2D eigenvalue weighted by Gasteiger charge is 2.13. The third-order valence-electron chi connectivity index (χ3n) is 1.88. The van der Waals surface area contributed by atoms with E-state index in [0.29, 0.717) is 4.47 Å². The van der Waals surface area contributed by atoms with Gasteiger partial charge >= 0.3 is 0 Å². The van der Waals surface area contributed by atoms with Crippen molar-refractivity contribution in [1.29, 1.82) is 0 Å². The second-order valence-electron chi connectivity index (χ2n) is 2.81. The molecule has 0 heterocycles. The first kappa shape index (κ1) is 10.9. The van der Waals surface area contributed by atoms with Gasteiger partial charge in [0.05, 0.1) is 9.40 Å². The van der Waals surface area contributed by atoms with Gasteiger partial charge in [-0.2, -0.15) is 0 Å². The average Bonchev–Trinajstić information content (AvgIpc) is 2.17. The SMILES string of the molecule is [CH2]C(C=C)c1ccc(Br)c([N+](=O)[O-])c1. The van der Waals surface area contributed by atoms with Crippen molar-refractivity contribution in [2.24, 2.45) is 0 Å². The number of benzene rings is 1. The molecule has 0 aliphatic carbocycles. The molecule has 1 aromatic rings. The summed E-state index contributed by atoms with van der Waals surface area (Å²) in [7, 11) is 0. The monoisotopic (exact) mass is 254 g/mol. The van der Waals surface area contributed by atoms with Gasteiger partial charge in [-0.05, 0) is 34.5 Å². The van der Waals surface area contributed by atoms with Crippen LogP contribution in [0, 0.1) is 17.0 Å². The van der Waals surface area contributed by atoms with Crippen molar-refractivity contribution < 1.29 is 4.92 Å². The number of rotatable bonds is 3. The second kappa shape index (κ2) is 4.37. The molecule has 1 atom stereocenters. The van der Waals surface area contributed by atoms with Crippen molar-refractivity contribution in [1.82, 2.24) is 0 Å². The molecule has 0 aliphatic heterocycles. The van der Waals surface area contributed by atoms with E-state index in [1.165, 1.54) is 6.07 Å². The minimum atomic E-state index is -0.427. The molecular formula is C10H9BrNO2. The van der Waals surface area contributed by atoms with Crippen LogP contribution < -0.4 is 0 Å². The maximum atomic E-state index is 10.6. The van der Waals surface area contributed by atoms with Crippen molar-refractivity contribution in [3.63, 3.8) is 0 Å². The van der Waals surface area contributed by atoms with Gasteiger partial charge in [-0.25, -0.2) is 0 Å². The predicted molar refractivity (Wildman–Crippen MR) is 59.1 cm³/mol. The largest absolute Gasteiger partial charge is 0.283 e. The van der Waals surface area contributed by atoms with Crippen LogP contribution in [0.3, 0.4) is 0 Å². The van der Waals surface area contributed by atoms with Gasteiger partial charge in [0.1, 0.15) is 0 Å². The summed E-state index contributed by atoms with van der Waals surface area (Å²) in [6.07, 6.45) is 1.65. The molecule has 0 aliphatic rings. The van der Waals surface area contributed by atoms with Gasteiger partial charge in [-0.15, -0.1) is 6.58 Å².